The highest BCUT2D eigenvalue weighted by molar-refractivity contribution is 5.87. The third-order valence-electron chi connectivity index (χ3n) is 3.20. The molecule has 22 heavy (non-hydrogen) atoms. The summed E-state index contributed by atoms with van der Waals surface area (Å²) in [5.41, 5.74) is 1.36. The van der Waals surface area contributed by atoms with Crippen molar-refractivity contribution in [1.29, 1.82) is 0 Å². The van der Waals surface area contributed by atoms with E-state index in [1.807, 2.05) is 42.3 Å². The molecule has 0 aliphatic rings. The first-order valence-corrected chi connectivity index (χ1v) is 6.98. The molecule has 0 bridgehead atoms. The van der Waals surface area contributed by atoms with Crippen molar-refractivity contribution in [2.75, 3.05) is 13.6 Å². The Morgan fingerprint density at radius 3 is 2.23 bits per heavy atom. The van der Waals surface area contributed by atoms with Gasteiger partial charge in [0.25, 0.3) is 0 Å². The minimum Gasteiger partial charge on any atom is -0.410 e. The molecule has 0 aliphatic carbocycles. The van der Waals surface area contributed by atoms with Gasteiger partial charge in [0.05, 0.1) is 0 Å². The number of benzene rings is 2. The van der Waals surface area contributed by atoms with Gasteiger partial charge in [-0.15, -0.1) is 0 Å². The molecule has 0 radical (unpaired) electrons. The van der Waals surface area contributed by atoms with E-state index in [1.165, 1.54) is 4.90 Å². The fourth-order valence-corrected chi connectivity index (χ4v) is 1.93. The molecule has 0 atom stereocenters. The first-order chi connectivity index (χ1) is 10.7. The van der Waals surface area contributed by atoms with E-state index in [0.717, 1.165) is 5.56 Å². The molecule has 2 rings (SSSR count). The summed E-state index contributed by atoms with van der Waals surface area (Å²) in [5, 5.41) is 0. The molecule has 0 fully saturated rings. The summed E-state index contributed by atoms with van der Waals surface area (Å²) in [6, 6.07) is 18.2. The first-order valence-electron chi connectivity index (χ1n) is 6.98. The second kappa shape index (κ2) is 7.81. The topological polar surface area (TPSA) is 46.6 Å². The quantitative estimate of drug-likeness (QED) is 0.794. The highest BCUT2D eigenvalue weighted by atomic mass is 16.6. The standard InChI is InChI=1S/C18H17NO3/c1-19(18(21)22-17-10-6-3-7-11-17)13-12-16(14-20)15-8-4-2-5-9-15/h2-11H,12-13H2,1H3. The lowest BCUT2D eigenvalue weighted by Crippen LogP contribution is -2.30. The van der Waals surface area contributed by atoms with Gasteiger partial charge in [-0.2, -0.15) is 0 Å². The minimum atomic E-state index is -0.454. The van der Waals surface area contributed by atoms with Gasteiger partial charge in [0.1, 0.15) is 11.7 Å². The van der Waals surface area contributed by atoms with Crippen LogP contribution in [0.1, 0.15) is 12.0 Å². The SMILES string of the molecule is CN(CCC(=C=O)c1ccccc1)C(=O)Oc1ccccc1. The Morgan fingerprint density at radius 2 is 1.64 bits per heavy atom. The zero-order valence-electron chi connectivity index (χ0n) is 12.4. The van der Waals surface area contributed by atoms with E-state index in [4.69, 9.17) is 4.74 Å². The van der Waals surface area contributed by atoms with Crippen molar-refractivity contribution in [3.8, 4) is 5.75 Å². The third kappa shape index (κ3) is 4.33. The monoisotopic (exact) mass is 295 g/mol. The number of carbonyl (C=O) groups is 1. The van der Waals surface area contributed by atoms with Gasteiger partial charge in [0.2, 0.25) is 0 Å². The Kier molecular flexibility index (Phi) is 5.52. The lowest BCUT2D eigenvalue weighted by atomic mass is 10.0. The lowest BCUT2D eigenvalue weighted by molar-refractivity contribution is 0.164. The molecule has 0 spiro atoms. The predicted molar refractivity (Wildman–Crippen MR) is 85.3 cm³/mol. The van der Waals surface area contributed by atoms with Crippen LogP contribution in [0.5, 0.6) is 5.75 Å². The van der Waals surface area contributed by atoms with Gasteiger partial charge in [-0.1, -0.05) is 48.5 Å². The van der Waals surface area contributed by atoms with Gasteiger partial charge in [0, 0.05) is 25.6 Å². The predicted octanol–water partition coefficient (Wildman–Crippen LogP) is 3.42. The highest BCUT2D eigenvalue weighted by Crippen LogP contribution is 2.15. The highest BCUT2D eigenvalue weighted by Gasteiger charge is 2.12. The Morgan fingerprint density at radius 1 is 1.05 bits per heavy atom. The molecular weight excluding hydrogens is 278 g/mol. The number of ether oxygens (including phenoxy) is 1. The second-order valence-corrected chi connectivity index (χ2v) is 4.80. The average Bonchev–Trinajstić information content (AvgIpc) is 2.57. The number of para-hydroxylation sites is 1. The fourth-order valence-electron chi connectivity index (χ4n) is 1.93. The average molecular weight is 295 g/mol. The van der Waals surface area contributed by atoms with Crippen LogP contribution in [0.15, 0.2) is 60.7 Å². The van der Waals surface area contributed by atoms with Crippen molar-refractivity contribution in [3.63, 3.8) is 0 Å². The van der Waals surface area contributed by atoms with Gasteiger partial charge in [0.15, 0.2) is 0 Å². The van der Waals surface area contributed by atoms with Crippen LogP contribution in [0.3, 0.4) is 0 Å². The van der Waals surface area contributed by atoms with E-state index >= 15 is 0 Å². The number of nitrogens with zero attached hydrogens (tertiary/aromatic N) is 1. The first kappa shape index (κ1) is 15.5. The summed E-state index contributed by atoms with van der Waals surface area (Å²) in [4.78, 5) is 24.5. The van der Waals surface area contributed by atoms with Crippen LogP contribution < -0.4 is 4.74 Å². The van der Waals surface area contributed by atoms with Gasteiger partial charge in [-0.05, 0) is 17.7 Å². The van der Waals surface area contributed by atoms with Gasteiger partial charge in [-0.3, -0.25) is 0 Å². The molecule has 0 unspecified atom stereocenters. The Bertz CT molecular complexity index is 661. The molecule has 4 heteroatoms. The van der Waals surface area contributed by atoms with E-state index < -0.39 is 6.09 Å². The number of hydrogen-bond acceptors (Lipinski definition) is 3. The summed E-state index contributed by atoms with van der Waals surface area (Å²) < 4.78 is 5.23. The summed E-state index contributed by atoms with van der Waals surface area (Å²) in [7, 11) is 1.64. The molecule has 1 amide bonds. The molecule has 0 N–H and O–H groups in total. The summed E-state index contributed by atoms with van der Waals surface area (Å²) in [6.45, 7) is 0.380. The van der Waals surface area contributed by atoms with Gasteiger partial charge in [-0.25, -0.2) is 9.59 Å². The van der Waals surface area contributed by atoms with Crippen molar-refractivity contribution in [3.05, 3.63) is 66.2 Å². The van der Waals surface area contributed by atoms with Crippen LogP contribution in [0, 0.1) is 0 Å². The van der Waals surface area contributed by atoms with Gasteiger partial charge < -0.3 is 9.64 Å². The van der Waals surface area contributed by atoms with Crippen LogP contribution >= 0.6 is 0 Å². The van der Waals surface area contributed by atoms with Crippen molar-refractivity contribution < 1.29 is 14.3 Å². The van der Waals surface area contributed by atoms with Crippen molar-refractivity contribution >= 4 is 17.6 Å². The molecule has 112 valence electrons. The minimum absolute atomic E-state index is 0.380. The third-order valence-corrected chi connectivity index (χ3v) is 3.20. The Hall–Kier alpha value is -2.84. The molecule has 2 aromatic rings. The maximum atomic E-state index is 11.9. The van der Waals surface area contributed by atoms with Gasteiger partial charge >= 0.3 is 6.09 Å². The zero-order chi connectivity index (χ0) is 15.8. The maximum absolute atomic E-state index is 11.9. The number of rotatable bonds is 5. The molecule has 0 saturated carbocycles. The van der Waals surface area contributed by atoms with Crippen LogP contribution in [0.4, 0.5) is 4.79 Å². The van der Waals surface area contributed by atoms with Crippen molar-refractivity contribution in [1.82, 2.24) is 4.90 Å². The van der Waals surface area contributed by atoms with Crippen molar-refractivity contribution in [2.45, 2.75) is 6.42 Å². The molecule has 0 heterocycles. The number of hydrogen-bond donors (Lipinski definition) is 0. The van der Waals surface area contributed by atoms with E-state index in [0.29, 0.717) is 24.3 Å². The Balaban J connectivity index is 1.90. The maximum Gasteiger partial charge on any atom is 0.414 e. The molecule has 2 aromatic carbocycles. The molecular formula is C18H17NO3. The summed E-state index contributed by atoms with van der Waals surface area (Å²) in [5.74, 6) is 2.44. The van der Waals surface area contributed by atoms with E-state index in [2.05, 4.69) is 0 Å². The van der Waals surface area contributed by atoms with Crippen LogP contribution in [0.25, 0.3) is 5.57 Å². The zero-order valence-corrected chi connectivity index (χ0v) is 12.4. The van der Waals surface area contributed by atoms with E-state index in [9.17, 15) is 9.59 Å². The largest absolute Gasteiger partial charge is 0.414 e. The summed E-state index contributed by atoms with van der Waals surface area (Å²) >= 11 is 0. The summed E-state index contributed by atoms with van der Waals surface area (Å²) in [6.07, 6.45) is -0.0296. The smallest absolute Gasteiger partial charge is 0.410 e. The lowest BCUT2D eigenvalue weighted by Gasteiger charge is -2.17. The van der Waals surface area contributed by atoms with Crippen LogP contribution in [-0.2, 0) is 4.79 Å². The van der Waals surface area contributed by atoms with E-state index in [-0.39, 0.29) is 0 Å². The number of carbonyl (C=O) groups excluding carboxylic acids is 2. The van der Waals surface area contributed by atoms with Crippen LogP contribution in [0.2, 0.25) is 0 Å². The number of amides is 1. The normalized spacial score (nSPS) is 9.68. The Labute approximate surface area is 129 Å². The van der Waals surface area contributed by atoms with E-state index in [1.54, 1.807) is 31.3 Å². The van der Waals surface area contributed by atoms with Crippen LogP contribution in [-0.4, -0.2) is 30.5 Å². The molecule has 0 aliphatic heterocycles. The molecule has 4 nitrogen and oxygen atoms in total. The molecule has 0 aromatic heterocycles. The molecule has 0 saturated heterocycles. The fraction of sp³-hybridized carbons (Fsp3) is 0.167. The second-order valence-electron chi connectivity index (χ2n) is 4.80. The van der Waals surface area contributed by atoms with Crippen molar-refractivity contribution in [2.24, 2.45) is 0 Å².